The van der Waals surface area contributed by atoms with E-state index in [1.54, 1.807) is 17.1 Å². The third-order valence-corrected chi connectivity index (χ3v) is 5.40. The van der Waals surface area contributed by atoms with E-state index in [0.717, 1.165) is 34.3 Å². The molecule has 0 atom stereocenters. The number of rotatable bonds is 5. The van der Waals surface area contributed by atoms with Crippen molar-refractivity contribution in [1.82, 2.24) is 34.3 Å². The third kappa shape index (κ3) is 3.99. The maximum Gasteiger partial charge on any atom is 0.228 e. The van der Waals surface area contributed by atoms with Gasteiger partial charge in [-0.1, -0.05) is 20.8 Å². The molecule has 0 radical (unpaired) electrons. The Morgan fingerprint density at radius 3 is 2.71 bits per heavy atom. The number of anilines is 2. The molecule has 0 unspecified atom stereocenters. The smallest absolute Gasteiger partial charge is 0.228 e. The van der Waals surface area contributed by atoms with Gasteiger partial charge in [-0.15, -0.1) is 22.0 Å². The Kier molecular flexibility index (Phi) is 4.76. The van der Waals surface area contributed by atoms with Crippen molar-refractivity contribution in [3.05, 3.63) is 48.7 Å². The fourth-order valence-electron chi connectivity index (χ4n) is 2.67. The highest BCUT2D eigenvalue weighted by Gasteiger charge is 2.14. The summed E-state index contributed by atoms with van der Waals surface area (Å²) >= 11 is 1.85. The molecular weight excluding hydrogens is 372 g/mol. The van der Waals surface area contributed by atoms with Gasteiger partial charge < -0.3 is 5.32 Å². The summed E-state index contributed by atoms with van der Waals surface area (Å²) in [5.41, 5.74) is 2.59. The normalized spacial score (nSPS) is 11.9. The van der Waals surface area contributed by atoms with Crippen LogP contribution in [0.15, 0.2) is 42.9 Å². The Hall–Kier alpha value is -2.94. The molecule has 4 aromatic rings. The Balaban J connectivity index is 1.59. The highest BCUT2D eigenvalue weighted by molar-refractivity contribution is 7.99. The maximum absolute atomic E-state index is 4.62. The Bertz CT molecular complexity index is 1110. The minimum atomic E-state index is 0.185. The van der Waals surface area contributed by atoms with E-state index < -0.39 is 0 Å². The minimum absolute atomic E-state index is 0.185. The zero-order chi connectivity index (χ0) is 19.7. The number of aryl methyl sites for hydroxylation is 1. The van der Waals surface area contributed by atoms with E-state index in [0.29, 0.717) is 5.95 Å². The second-order valence-corrected chi connectivity index (χ2v) is 9.19. The van der Waals surface area contributed by atoms with Gasteiger partial charge in [-0.2, -0.15) is 5.10 Å². The number of hydrogen-bond donors (Lipinski definition) is 1. The summed E-state index contributed by atoms with van der Waals surface area (Å²) in [5.74, 6) is 3.11. The predicted molar refractivity (Wildman–Crippen MR) is 112 cm³/mol. The lowest BCUT2D eigenvalue weighted by Crippen LogP contribution is -2.08. The summed E-state index contributed by atoms with van der Waals surface area (Å²) in [4.78, 5) is 8.91. The molecule has 9 heteroatoms. The number of nitrogens with one attached hydrogen (secondary N) is 1. The first-order valence-electron chi connectivity index (χ1n) is 8.95. The van der Waals surface area contributed by atoms with E-state index in [-0.39, 0.29) is 4.75 Å². The summed E-state index contributed by atoms with van der Waals surface area (Å²) in [6.45, 7) is 6.60. The molecule has 0 aliphatic rings. The molecular formula is C19H22N8S. The number of fused-ring (bicyclic) bond motifs is 1. The molecule has 0 bridgehead atoms. The Labute approximate surface area is 167 Å². The van der Waals surface area contributed by atoms with Crippen LogP contribution in [0.4, 0.5) is 11.8 Å². The molecule has 4 aromatic heterocycles. The van der Waals surface area contributed by atoms with Crippen LogP contribution in [0.25, 0.3) is 16.9 Å². The van der Waals surface area contributed by atoms with Crippen molar-refractivity contribution >= 4 is 29.2 Å². The van der Waals surface area contributed by atoms with Crippen molar-refractivity contribution in [3.8, 4) is 11.3 Å². The second kappa shape index (κ2) is 7.23. The van der Waals surface area contributed by atoms with E-state index in [2.05, 4.69) is 51.4 Å². The molecule has 0 saturated carbocycles. The van der Waals surface area contributed by atoms with Gasteiger partial charge in [0.1, 0.15) is 11.6 Å². The molecule has 0 aromatic carbocycles. The number of thioether (sulfide) groups is 1. The quantitative estimate of drug-likeness (QED) is 0.552. The molecule has 4 rings (SSSR count). The van der Waals surface area contributed by atoms with E-state index in [9.17, 15) is 0 Å². The lowest BCUT2D eigenvalue weighted by Gasteiger charge is -2.16. The van der Waals surface area contributed by atoms with Crippen LogP contribution < -0.4 is 5.32 Å². The van der Waals surface area contributed by atoms with Crippen LogP contribution in [0.2, 0.25) is 0 Å². The van der Waals surface area contributed by atoms with Crippen molar-refractivity contribution < 1.29 is 0 Å². The Morgan fingerprint density at radius 1 is 1.11 bits per heavy atom. The first kappa shape index (κ1) is 18.4. The van der Waals surface area contributed by atoms with Crippen molar-refractivity contribution in [1.29, 1.82) is 0 Å². The van der Waals surface area contributed by atoms with Crippen LogP contribution in [0, 0.1) is 0 Å². The Morgan fingerprint density at radius 2 is 1.96 bits per heavy atom. The molecule has 1 N–H and O–H groups in total. The van der Waals surface area contributed by atoms with Crippen LogP contribution in [0.1, 0.15) is 26.6 Å². The summed E-state index contributed by atoms with van der Waals surface area (Å²) in [6, 6.07) is 7.77. The van der Waals surface area contributed by atoms with Gasteiger partial charge in [0.2, 0.25) is 5.95 Å². The molecule has 0 aliphatic carbocycles. The molecule has 144 valence electrons. The highest BCUT2D eigenvalue weighted by atomic mass is 32.2. The van der Waals surface area contributed by atoms with Gasteiger partial charge in [0, 0.05) is 35.8 Å². The number of aromatic nitrogens is 7. The lowest BCUT2D eigenvalue weighted by atomic mass is 10.2. The van der Waals surface area contributed by atoms with Crippen LogP contribution in [-0.4, -0.2) is 39.1 Å². The van der Waals surface area contributed by atoms with Crippen LogP contribution in [0.3, 0.4) is 0 Å². The molecule has 8 nitrogen and oxygen atoms in total. The van der Waals surface area contributed by atoms with Crippen molar-refractivity contribution in [3.63, 3.8) is 0 Å². The topological polar surface area (TPSA) is 85.8 Å². The van der Waals surface area contributed by atoms with Gasteiger partial charge in [0.05, 0.1) is 17.6 Å². The number of pyridine rings is 1. The van der Waals surface area contributed by atoms with E-state index in [1.165, 1.54) is 0 Å². The summed E-state index contributed by atoms with van der Waals surface area (Å²) in [5, 5.41) is 16.0. The molecule has 0 spiro atoms. The maximum atomic E-state index is 4.62. The molecule has 0 fully saturated rings. The van der Waals surface area contributed by atoms with E-state index in [1.807, 2.05) is 53.7 Å². The number of nitrogens with zero attached hydrogens (tertiary/aromatic N) is 7. The average molecular weight is 395 g/mol. The first-order chi connectivity index (χ1) is 13.4. The van der Waals surface area contributed by atoms with Gasteiger partial charge in [0.15, 0.2) is 5.65 Å². The molecule has 0 saturated heterocycles. The van der Waals surface area contributed by atoms with Crippen molar-refractivity contribution in [2.75, 3.05) is 5.32 Å². The van der Waals surface area contributed by atoms with Gasteiger partial charge >= 0.3 is 0 Å². The monoisotopic (exact) mass is 394 g/mol. The van der Waals surface area contributed by atoms with Crippen LogP contribution in [0.5, 0.6) is 0 Å². The third-order valence-electron chi connectivity index (χ3n) is 4.13. The first-order valence-corrected chi connectivity index (χ1v) is 9.94. The molecule has 0 amide bonds. The SMILES string of the molecule is Cn1nccc1Nc1nccc(-c2ccn3c(CSC(C)(C)C)nnc3c2)n1. The van der Waals surface area contributed by atoms with Gasteiger partial charge in [-0.3, -0.25) is 9.08 Å². The summed E-state index contributed by atoms with van der Waals surface area (Å²) < 4.78 is 3.94. The summed E-state index contributed by atoms with van der Waals surface area (Å²) in [7, 11) is 1.86. The minimum Gasteiger partial charge on any atom is -0.309 e. The van der Waals surface area contributed by atoms with E-state index >= 15 is 0 Å². The van der Waals surface area contributed by atoms with Gasteiger partial charge in [-0.05, 0) is 18.2 Å². The molecule has 4 heterocycles. The van der Waals surface area contributed by atoms with Crippen molar-refractivity contribution in [2.24, 2.45) is 7.05 Å². The van der Waals surface area contributed by atoms with E-state index in [4.69, 9.17) is 0 Å². The van der Waals surface area contributed by atoms with Gasteiger partial charge in [0.25, 0.3) is 0 Å². The molecule has 28 heavy (non-hydrogen) atoms. The zero-order valence-corrected chi connectivity index (χ0v) is 17.1. The van der Waals surface area contributed by atoms with Crippen LogP contribution >= 0.6 is 11.8 Å². The average Bonchev–Trinajstić information content (AvgIpc) is 3.25. The fraction of sp³-hybridized carbons (Fsp3) is 0.316. The second-order valence-electron chi connectivity index (χ2n) is 7.39. The largest absolute Gasteiger partial charge is 0.309 e. The molecule has 0 aliphatic heterocycles. The predicted octanol–water partition coefficient (Wildman–Crippen LogP) is 3.70. The zero-order valence-electron chi connectivity index (χ0n) is 16.3. The fourth-order valence-corrected chi connectivity index (χ4v) is 3.43. The van der Waals surface area contributed by atoms with Crippen molar-refractivity contribution in [2.45, 2.75) is 31.3 Å². The number of hydrogen-bond acceptors (Lipinski definition) is 7. The summed E-state index contributed by atoms with van der Waals surface area (Å²) in [6.07, 6.45) is 5.46. The lowest BCUT2D eigenvalue weighted by molar-refractivity contribution is 0.775. The standard InChI is InChI=1S/C19H22N8S/c1-19(2,3)28-12-17-25-24-16-11-13(7-10-27(16)17)14-5-8-20-18(22-14)23-15-6-9-21-26(15)4/h5-11H,12H2,1-4H3,(H,20,22,23). The van der Waals surface area contributed by atoms with Crippen LogP contribution in [-0.2, 0) is 12.8 Å². The van der Waals surface area contributed by atoms with Gasteiger partial charge in [-0.25, -0.2) is 9.97 Å². The highest BCUT2D eigenvalue weighted by Crippen LogP contribution is 2.27.